The van der Waals surface area contributed by atoms with E-state index in [2.05, 4.69) is 31.2 Å². The summed E-state index contributed by atoms with van der Waals surface area (Å²) in [6, 6.07) is 0.265. The largest absolute Gasteiger partial charge is 0.383 e. The first-order valence-corrected chi connectivity index (χ1v) is 6.35. The Morgan fingerprint density at radius 1 is 1.28 bits per heavy atom. The number of rotatable bonds is 8. The zero-order chi connectivity index (χ0) is 13.5. The molecule has 0 radical (unpaired) electrons. The number of hydrogen-bond acceptors (Lipinski definition) is 4. The molecule has 0 aliphatic carbocycles. The van der Waals surface area contributed by atoms with Crippen LogP contribution in [-0.4, -0.2) is 43.8 Å². The van der Waals surface area contributed by atoms with Gasteiger partial charge in [-0.05, 0) is 20.8 Å². The van der Waals surface area contributed by atoms with Crippen LogP contribution in [0, 0.1) is 13.8 Å². The van der Waals surface area contributed by atoms with Gasteiger partial charge in [-0.2, -0.15) is 5.10 Å². The molecule has 1 N–H and O–H groups in total. The fourth-order valence-electron chi connectivity index (χ4n) is 2.08. The highest BCUT2D eigenvalue weighted by molar-refractivity contribution is 5.24. The molecule has 0 saturated heterocycles. The van der Waals surface area contributed by atoms with Gasteiger partial charge in [-0.25, -0.2) is 0 Å². The Bertz CT molecular complexity index is 363. The molecule has 5 heteroatoms. The fraction of sp³-hybridized carbons (Fsp3) is 0.769. The number of ether oxygens (including phenoxy) is 2. The van der Waals surface area contributed by atoms with Crippen molar-refractivity contribution < 1.29 is 9.47 Å². The van der Waals surface area contributed by atoms with Crippen molar-refractivity contribution in [2.45, 2.75) is 33.4 Å². The molecule has 0 aromatic carbocycles. The van der Waals surface area contributed by atoms with Gasteiger partial charge >= 0.3 is 0 Å². The van der Waals surface area contributed by atoms with E-state index in [1.807, 2.05) is 4.68 Å². The van der Waals surface area contributed by atoms with Gasteiger partial charge in [-0.1, -0.05) is 0 Å². The normalized spacial score (nSPS) is 12.9. The van der Waals surface area contributed by atoms with Gasteiger partial charge in [-0.3, -0.25) is 4.68 Å². The molecule has 1 atom stereocenters. The quantitative estimate of drug-likeness (QED) is 0.714. The number of aryl methyl sites for hydroxylation is 1. The minimum Gasteiger partial charge on any atom is -0.383 e. The lowest BCUT2D eigenvalue weighted by Gasteiger charge is -2.13. The summed E-state index contributed by atoms with van der Waals surface area (Å²) < 4.78 is 12.2. The van der Waals surface area contributed by atoms with Crippen LogP contribution in [-0.2, 0) is 16.0 Å². The monoisotopic (exact) mass is 255 g/mol. The number of methoxy groups -OCH3 is 2. The van der Waals surface area contributed by atoms with E-state index in [0.29, 0.717) is 6.61 Å². The molecule has 1 unspecified atom stereocenters. The zero-order valence-corrected chi connectivity index (χ0v) is 12.1. The van der Waals surface area contributed by atoms with Crippen molar-refractivity contribution in [2.24, 2.45) is 0 Å². The summed E-state index contributed by atoms with van der Waals surface area (Å²) in [5, 5.41) is 7.95. The average molecular weight is 255 g/mol. The number of aromatic nitrogens is 2. The van der Waals surface area contributed by atoms with E-state index in [0.717, 1.165) is 25.4 Å². The Labute approximate surface area is 109 Å². The van der Waals surface area contributed by atoms with Crippen molar-refractivity contribution in [1.29, 1.82) is 0 Å². The SMILES string of the molecule is COCCNCc1c(C)nn(C(C)COC)c1C. The molecular formula is C13H25N3O2. The summed E-state index contributed by atoms with van der Waals surface area (Å²) in [5.41, 5.74) is 3.57. The summed E-state index contributed by atoms with van der Waals surface area (Å²) >= 11 is 0. The van der Waals surface area contributed by atoms with Gasteiger partial charge in [0.15, 0.2) is 0 Å². The van der Waals surface area contributed by atoms with E-state index in [9.17, 15) is 0 Å². The lowest BCUT2D eigenvalue weighted by Crippen LogP contribution is -2.19. The second kappa shape index (κ2) is 7.51. The fourth-order valence-corrected chi connectivity index (χ4v) is 2.08. The van der Waals surface area contributed by atoms with Crippen LogP contribution in [0.4, 0.5) is 0 Å². The molecule has 0 aliphatic heterocycles. The topological polar surface area (TPSA) is 48.3 Å². The first-order chi connectivity index (χ1) is 8.61. The lowest BCUT2D eigenvalue weighted by molar-refractivity contribution is 0.156. The highest BCUT2D eigenvalue weighted by atomic mass is 16.5. The third-order valence-electron chi connectivity index (χ3n) is 3.08. The van der Waals surface area contributed by atoms with Gasteiger partial charge in [0.1, 0.15) is 0 Å². The average Bonchev–Trinajstić information content (AvgIpc) is 2.62. The van der Waals surface area contributed by atoms with Crippen LogP contribution >= 0.6 is 0 Å². The molecule has 5 nitrogen and oxygen atoms in total. The second-order valence-electron chi connectivity index (χ2n) is 4.57. The van der Waals surface area contributed by atoms with Crippen molar-refractivity contribution in [1.82, 2.24) is 15.1 Å². The van der Waals surface area contributed by atoms with Crippen molar-refractivity contribution in [3.8, 4) is 0 Å². The summed E-state index contributed by atoms with van der Waals surface area (Å²) in [4.78, 5) is 0. The minimum absolute atomic E-state index is 0.265. The molecule has 1 heterocycles. The Morgan fingerprint density at radius 2 is 2.00 bits per heavy atom. The molecule has 0 saturated carbocycles. The number of hydrogen-bond donors (Lipinski definition) is 1. The maximum atomic E-state index is 5.18. The van der Waals surface area contributed by atoms with E-state index < -0.39 is 0 Å². The van der Waals surface area contributed by atoms with Gasteiger partial charge in [0.2, 0.25) is 0 Å². The van der Waals surface area contributed by atoms with E-state index in [4.69, 9.17) is 9.47 Å². The molecule has 0 bridgehead atoms. The van der Waals surface area contributed by atoms with Crippen molar-refractivity contribution in [2.75, 3.05) is 34.0 Å². The van der Waals surface area contributed by atoms with Gasteiger partial charge in [0.05, 0.1) is 24.9 Å². The smallest absolute Gasteiger partial charge is 0.0727 e. The van der Waals surface area contributed by atoms with Crippen molar-refractivity contribution in [3.63, 3.8) is 0 Å². The Kier molecular flexibility index (Phi) is 6.32. The predicted molar refractivity (Wildman–Crippen MR) is 71.9 cm³/mol. The van der Waals surface area contributed by atoms with Crippen molar-refractivity contribution >= 4 is 0 Å². The van der Waals surface area contributed by atoms with Crippen LogP contribution in [0.5, 0.6) is 0 Å². The van der Waals surface area contributed by atoms with Crippen LogP contribution in [0.2, 0.25) is 0 Å². The van der Waals surface area contributed by atoms with Crippen LogP contribution in [0.25, 0.3) is 0 Å². The van der Waals surface area contributed by atoms with E-state index in [1.165, 1.54) is 11.3 Å². The summed E-state index contributed by atoms with van der Waals surface area (Å²) in [6.45, 7) is 9.38. The standard InChI is InChI=1S/C13H25N3O2/c1-10(9-18-5)16-12(3)13(11(2)15-16)8-14-6-7-17-4/h10,14H,6-9H2,1-5H3. The highest BCUT2D eigenvalue weighted by Crippen LogP contribution is 2.17. The van der Waals surface area contributed by atoms with E-state index in [-0.39, 0.29) is 6.04 Å². The molecule has 18 heavy (non-hydrogen) atoms. The van der Waals surface area contributed by atoms with Crippen LogP contribution < -0.4 is 5.32 Å². The summed E-state index contributed by atoms with van der Waals surface area (Å²) in [5.74, 6) is 0. The molecule has 0 spiro atoms. The summed E-state index contributed by atoms with van der Waals surface area (Å²) in [7, 11) is 3.43. The molecule has 104 valence electrons. The molecule has 0 amide bonds. The van der Waals surface area contributed by atoms with E-state index >= 15 is 0 Å². The number of nitrogens with zero attached hydrogens (tertiary/aromatic N) is 2. The third kappa shape index (κ3) is 3.80. The first-order valence-electron chi connectivity index (χ1n) is 6.35. The van der Waals surface area contributed by atoms with Crippen LogP contribution in [0.1, 0.15) is 29.9 Å². The molecule has 1 rings (SSSR count). The molecule has 1 aromatic rings. The van der Waals surface area contributed by atoms with Gasteiger partial charge < -0.3 is 14.8 Å². The third-order valence-corrected chi connectivity index (χ3v) is 3.08. The highest BCUT2D eigenvalue weighted by Gasteiger charge is 2.15. The Hall–Kier alpha value is -0.910. The Morgan fingerprint density at radius 3 is 2.61 bits per heavy atom. The first kappa shape index (κ1) is 15.1. The van der Waals surface area contributed by atoms with Crippen molar-refractivity contribution in [3.05, 3.63) is 17.0 Å². The number of nitrogens with one attached hydrogen (secondary N) is 1. The zero-order valence-electron chi connectivity index (χ0n) is 12.1. The van der Waals surface area contributed by atoms with Crippen LogP contribution in [0.3, 0.4) is 0 Å². The van der Waals surface area contributed by atoms with Gasteiger partial charge in [0, 0.05) is 38.6 Å². The van der Waals surface area contributed by atoms with Gasteiger partial charge in [-0.15, -0.1) is 0 Å². The maximum absolute atomic E-state index is 5.18. The van der Waals surface area contributed by atoms with E-state index in [1.54, 1.807) is 14.2 Å². The molecule has 1 aromatic heterocycles. The van der Waals surface area contributed by atoms with Crippen LogP contribution in [0.15, 0.2) is 0 Å². The maximum Gasteiger partial charge on any atom is 0.0727 e. The lowest BCUT2D eigenvalue weighted by atomic mass is 10.2. The van der Waals surface area contributed by atoms with Gasteiger partial charge in [0.25, 0.3) is 0 Å². The minimum atomic E-state index is 0.265. The predicted octanol–water partition coefficient (Wildman–Crippen LogP) is 1.44. The second-order valence-corrected chi connectivity index (χ2v) is 4.57. The Balaban J connectivity index is 2.68. The summed E-state index contributed by atoms with van der Waals surface area (Å²) in [6.07, 6.45) is 0. The molecular weight excluding hydrogens is 230 g/mol. The molecule has 0 fully saturated rings. The molecule has 0 aliphatic rings.